The molecule has 12 heteroatoms. The number of hydrogen-bond acceptors (Lipinski definition) is 4. The Bertz CT molecular complexity index is 1550. The van der Waals surface area contributed by atoms with E-state index >= 15 is 0 Å². The van der Waals surface area contributed by atoms with Crippen molar-refractivity contribution in [3.05, 3.63) is 72.6 Å². The van der Waals surface area contributed by atoms with E-state index in [1.165, 1.54) is 0 Å². The van der Waals surface area contributed by atoms with E-state index in [1.807, 2.05) is 39.6 Å². The van der Waals surface area contributed by atoms with Crippen molar-refractivity contribution in [2.45, 2.75) is 38.2 Å². The number of nitrogens with one attached hydrogen (secondary N) is 2. The largest absolute Gasteiger partial charge is 0.405 e. The normalized spacial score (nSPS) is 12.6. The van der Waals surface area contributed by atoms with Gasteiger partial charge < -0.3 is 15.2 Å². The van der Waals surface area contributed by atoms with Crippen LogP contribution in [0.15, 0.2) is 61.2 Å². The van der Waals surface area contributed by atoms with Crippen molar-refractivity contribution in [1.29, 1.82) is 0 Å². The average molecular weight is 572 g/mol. The molecule has 0 spiro atoms. The van der Waals surface area contributed by atoms with Crippen molar-refractivity contribution in [3.8, 4) is 23.1 Å². The van der Waals surface area contributed by atoms with Gasteiger partial charge in [-0.1, -0.05) is 18.1 Å². The number of alkyl halides is 3. The molecule has 3 aromatic heterocycles. The van der Waals surface area contributed by atoms with Crippen LogP contribution in [0.5, 0.6) is 0 Å². The predicted octanol–water partition coefficient (Wildman–Crippen LogP) is 5.26. The fourth-order valence-corrected chi connectivity index (χ4v) is 4.24. The second kappa shape index (κ2) is 12.1. The first-order chi connectivity index (χ1) is 18.9. The van der Waals surface area contributed by atoms with Crippen molar-refractivity contribution < 1.29 is 22.1 Å². The second-order valence-electron chi connectivity index (χ2n) is 9.87. The lowest BCUT2D eigenvalue weighted by atomic mass is 10.1. The number of rotatable bonds is 7. The van der Waals surface area contributed by atoms with Crippen LogP contribution in [0.3, 0.4) is 0 Å². The van der Waals surface area contributed by atoms with Crippen LogP contribution >= 0.6 is 0 Å². The molecule has 0 aliphatic carbocycles. The fourth-order valence-electron chi connectivity index (χ4n) is 3.56. The molecule has 1 atom stereocenters. The minimum Gasteiger partial charge on any atom is -0.329 e. The Hall–Kier alpha value is -3.95. The first-order valence-electron chi connectivity index (χ1n) is 12.4. The fraction of sp³-hybridized carbons (Fsp3) is 0.321. The van der Waals surface area contributed by atoms with Gasteiger partial charge in [0.2, 0.25) is 0 Å². The molecule has 0 fully saturated rings. The third kappa shape index (κ3) is 7.80. The van der Waals surface area contributed by atoms with Crippen molar-refractivity contribution in [2.24, 2.45) is 0 Å². The number of hydrogen-bond donors (Lipinski definition) is 2. The SMILES string of the molecule is C[S+](OCCn1ccnc1C#Cc1ccn2c(-c3cccc(NC(=O)NCC(F)(F)F)c3)cnc2c1)C(C)(C)C. The van der Waals surface area contributed by atoms with E-state index in [0.717, 1.165) is 16.8 Å². The molecule has 0 aliphatic heterocycles. The Balaban J connectivity index is 1.44. The van der Waals surface area contributed by atoms with Crippen LogP contribution in [0.25, 0.3) is 16.9 Å². The summed E-state index contributed by atoms with van der Waals surface area (Å²) < 4.78 is 47.0. The van der Waals surface area contributed by atoms with Crippen LogP contribution in [0.2, 0.25) is 0 Å². The van der Waals surface area contributed by atoms with Gasteiger partial charge in [-0.15, -0.1) is 0 Å². The van der Waals surface area contributed by atoms with Gasteiger partial charge in [0.15, 0.2) is 10.6 Å². The maximum Gasteiger partial charge on any atom is 0.405 e. The van der Waals surface area contributed by atoms with Gasteiger partial charge in [0.05, 0.1) is 18.4 Å². The number of anilines is 1. The number of urea groups is 1. The Labute approximate surface area is 233 Å². The highest BCUT2D eigenvalue weighted by atomic mass is 32.2. The number of halogens is 3. The van der Waals surface area contributed by atoms with Crippen LogP contribution in [0, 0.1) is 11.8 Å². The summed E-state index contributed by atoms with van der Waals surface area (Å²) in [4.78, 5) is 20.7. The van der Waals surface area contributed by atoms with E-state index < -0.39 is 18.8 Å². The minimum absolute atomic E-state index is 0.0960. The molecule has 8 nitrogen and oxygen atoms in total. The number of aromatic nitrogens is 4. The number of nitrogens with zero attached hydrogens (tertiary/aromatic N) is 4. The molecule has 0 aliphatic rings. The molecule has 40 heavy (non-hydrogen) atoms. The summed E-state index contributed by atoms with van der Waals surface area (Å²) in [7, 11) is 0. The van der Waals surface area contributed by atoms with Gasteiger partial charge in [-0.3, -0.25) is 4.40 Å². The van der Waals surface area contributed by atoms with Gasteiger partial charge in [-0.05, 0) is 51.0 Å². The van der Waals surface area contributed by atoms with Gasteiger partial charge in [-0.25, -0.2) is 14.8 Å². The van der Waals surface area contributed by atoms with Crippen molar-refractivity contribution in [1.82, 2.24) is 24.3 Å². The summed E-state index contributed by atoms with van der Waals surface area (Å²) in [6.07, 6.45) is 4.73. The zero-order chi connectivity index (χ0) is 28.9. The van der Waals surface area contributed by atoms with Crippen LogP contribution in [-0.2, 0) is 21.9 Å². The maximum atomic E-state index is 12.4. The molecule has 0 bridgehead atoms. The quantitative estimate of drug-likeness (QED) is 0.234. The van der Waals surface area contributed by atoms with E-state index in [-0.39, 0.29) is 15.9 Å². The first-order valence-corrected chi connectivity index (χ1v) is 14.0. The molecule has 0 saturated heterocycles. The number of pyridine rings is 1. The number of amides is 2. The Morgan fingerprint density at radius 3 is 2.65 bits per heavy atom. The van der Waals surface area contributed by atoms with Crippen molar-refractivity contribution >= 4 is 28.5 Å². The molecule has 3 heterocycles. The lowest BCUT2D eigenvalue weighted by Crippen LogP contribution is -2.36. The van der Waals surface area contributed by atoms with Gasteiger partial charge in [0.25, 0.3) is 0 Å². The number of carbonyl (C=O) groups is 1. The van der Waals surface area contributed by atoms with E-state index in [2.05, 4.69) is 54.2 Å². The highest BCUT2D eigenvalue weighted by Crippen LogP contribution is 2.24. The molecule has 1 aromatic carbocycles. The number of fused-ring (bicyclic) bond motifs is 1. The standard InChI is InChI=1S/C28H29F3N6O2S/c1-27(2,3)40(4)39-15-14-36-13-11-32-24(36)9-8-20-10-12-37-23(18-33-25(37)16-20)21-6-5-7-22(17-21)35-26(38)34-19-28(29,30)31/h5-7,10-13,16-18H,14-15,19H2,1-4H3,(H-,34,35,38)/p+1. The summed E-state index contributed by atoms with van der Waals surface area (Å²) in [5.74, 6) is 6.91. The zero-order valence-electron chi connectivity index (χ0n) is 22.5. The predicted molar refractivity (Wildman–Crippen MR) is 151 cm³/mol. The molecular weight excluding hydrogens is 541 g/mol. The Morgan fingerprint density at radius 2 is 1.90 bits per heavy atom. The van der Waals surface area contributed by atoms with Gasteiger partial charge in [0, 0.05) is 35.4 Å². The van der Waals surface area contributed by atoms with E-state index in [4.69, 9.17) is 4.18 Å². The van der Waals surface area contributed by atoms with Gasteiger partial charge in [-0.2, -0.15) is 17.4 Å². The highest BCUT2D eigenvalue weighted by molar-refractivity contribution is 7.93. The molecule has 4 aromatic rings. The van der Waals surface area contributed by atoms with Crippen LogP contribution < -0.4 is 10.6 Å². The van der Waals surface area contributed by atoms with Gasteiger partial charge >= 0.3 is 12.2 Å². The van der Waals surface area contributed by atoms with Crippen LogP contribution in [0.4, 0.5) is 23.7 Å². The summed E-state index contributed by atoms with van der Waals surface area (Å²) in [5.41, 5.74) is 3.25. The van der Waals surface area contributed by atoms with Gasteiger partial charge in [0.1, 0.15) is 36.2 Å². The lowest BCUT2D eigenvalue weighted by Gasteiger charge is -2.15. The topological polar surface area (TPSA) is 85.5 Å². The van der Waals surface area contributed by atoms with E-state index in [9.17, 15) is 18.0 Å². The number of benzene rings is 1. The van der Waals surface area contributed by atoms with E-state index in [0.29, 0.717) is 30.3 Å². The molecule has 210 valence electrons. The lowest BCUT2D eigenvalue weighted by molar-refractivity contribution is -0.122. The van der Waals surface area contributed by atoms with Crippen LogP contribution in [0.1, 0.15) is 32.2 Å². The zero-order valence-corrected chi connectivity index (χ0v) is 23.4. The number of carbonyl (C=O) groups excluding carboxylic acids is 1. The molecule has 4 rings (SSSR count). The smallest absolute Gasteiger partial charge is 0.329 e. The molecular formula is C28H30F3N6O2S+. The monoisotopic (exact) mass is 571 g/mol. The highest BCUT2D eigenvalue weighted by Gasteiger charge is 2.32. The van der Waals surface area contributed by atoms with Crippen LogP contribution in [-0.4, -0.2) is 55.3 Å². The second-order valence-corrected chi connectivity index (χ2v) is 12.2. The average Bonchev–Trinajstić information content (AvgIpc) is 3.52. The third-order valence-corrected chi connectivity index (χ3v) is 8.11. The summed E-state index contributed by atoms with van der Waals surface area (Å²) in [6.45, 7) is 6.28. The van der Waals surface area contributed by atoms with E-state index in [1.54, 1.807) is 35.9 Å². The summed E-state index contributed by atoms with van der Waals surface area (Å²) in [6, 6.07) is 9.55. The van der Waals surface area contributed by atoms with Crippen molar-refractivity contribution in [2.75, 3.05) is 24.7 Å². The molecule has 2 N–H and O–H groups in total. The molecule has 2 amide bonds. The molecule has 0 saturated carbocycles. The Morgan fingerprint density at radius 1 is 1.10 bits per heavy atom. The minimum atomic E-state index is -4.49. The summed E-state index contributed by atoms with van der Waals surface area (Å²) in [5, 5.41) is 4.21. The Kier molecular flexibility index (Phi) is 8.76. The first kappa shape index (κ1) is 29.0. The summed E-state index contributed by atoms with van der Waals surface area (Å²) >= 11 is -0.160. The van der Waals surface area contributed by atoms with Crippen molar-refractivity contribution in [3.63, 3.8) is 0 Å². The molecule has 1 unspecified atom stereocenters. The molecule has 0 radical (unpaired) electrons. The number of imidazole rings is 2. The maximum absolute atomic E-state index is 12.4. The third-order valence-electron chi connectivity index (χ3n) is 5.87.